The van der Waals surface area contributed by atoms with E-state index in [4.69, 9.17) is 4.74 Å². The SMILES string of the molecule is COc1ccc(CC(=O)N2CC[C@H](c3cc(=O)[nH]c(-c4ccncc4)n3)C2)cc1. The maximum atomic E-state index is 12.7. The fourth-order valence-corrected chi connectivity index (χ4v) is 3.59. The monoisotopic (exact) mass is 390 g/mol. The number of aromatic amines is 1. The van der Waals surface area contributed by atoms with E-state index in [1.807, 2.05) is 29.2 Å². The van der Waals surface area contributed by atoms with E-state index in [-0.39, 0.29) is 17.4 Å². The van der Waals surface area contributed by atoms with Gasteiger partial charge in [0, 0.05) is 43.0 Å². The molecular formula is C22H22N4O3. The van der Waals surface area contributed by atoms with Crippen molar-refractivity contribution in [2.75, 3.05) is 20.2 Å². The number of carbonyl (C=O) groups excluding carboxylic acids is 1. The molecule has 1 aliphatic rings. The summed E-state index contributed by atoms with van der Waals surface area (Å²) in [5, 5.41) is 0. The molecule has 1 aromatic carbocycles. The molecule has 4 rings (SSSR count). The lowest BCUT2D eigenvalue weighted by Crippen LogP contribution is -2.30. The molecule has 1 saturated heterocycles. The van der Waals surface area contributed by atoms with Gasteiger partial charge in [-0.2, -0.15) is 0 Å². The molecule has 29 heavy (non-hydrogen) atoms. The molecule has 1 atom stereocenters. The number of likely N-dealkylation sites (tertiary alicyclic amines) is 1. The summed E-state index contributed by atoms with van der Waals surface area (Å²) >= 11 is 0. The van der Waals surface area contributed by atoms with E-state index in [1.54, 1.807) is 31.6 Å². The van der Waals surface area contributed by atoms with Gasteiger partial charge in [0.05, 0.1) is 19.2 Å². The molecule has 1 fully saturated rings. The van der Waals surface area contributed by atoms with E-state index in [9.17, 15) is 9.59 Å². The Bertz CT molecular complexity index is 1050. The number of hydrogen-bond acceptors (Lipinski definition) is 5. The average Bonchev–Trinajstić information content (AvgIpc) is 3.25. The molecule has 3 heterocycles. The fraction of sp³-hybridized carbons (Fsp3) is 0.273. The molecule has 0 spiro atoms. The molecule has 7 heteroatoms. The Morgan fingerprint density at radius 3 is 2.69 bits per heavy atom. The summed E-state index contributed by atoms with van der Waals surface area (Å²) in [5.74, 6) is 1.43. The minimum Gasteiger partial charge on any atom is -0.497 e. The number of nitrogens with one attached hydrogen (secondary N) is 1. The Morgan fingerprint density at radius 1 is 1.21 bits per heavy atom. The zero-order valence-corrected chi connectivity index (χ0v) is 16.2. The Morgan fingerprint density at radius 2 is 1.97 bits per heavy atom. The van der Waals surface area contributed by atoms with Gasteiger partial charge in [0.25, 0.3) is 5.56 Å². The van der Waals surface area contributed by atoms with Crippen molar-refractivity contribution in [3.63, 3.8) is 0 Å². The molecule has 1 N–H and O–H groups in total. The topological polar surface area (TPSA) is 88.2 Å². The lowest BCUT2D eigenvalue weighted by atomic mass is 10.0. The van der Waals surface area contributed by atoms with Crippen LogP contribution in [0.2, 0.25) is 0 Å². The van der Waals surface area contributed by atoms with Gasteiger partial charge < -0.3 is 14.6 Å². The number of nitrogens with zero attached hydrogens (tertiary/aromatic N) is 3. The number of carbonyl (C=O) groups is 1. The molecule has 0 radical (unpaired) electrons. The molecule has 148 valence electrons. The van der Waals surface area contributed by atoms with Crippen LogP contribution in [0.5, 0.6) is 5.75 Å². The van der Waals surface area contributed by atoms with Crippen LogP contribution in [-0.2, 0) is 11.2 Å². The highest BCUT2D eigenvalue weighted by atomic mass is 16.5. The second kappa shape index (κ2) is 8.26. The van der Waals surface area contributed by atoms with Gasteiger partial charge in [-0.25, -0.2) is 4.98 Å². The first kappa shape index (κ1) is 18.9. The summed E-state index contributed by atoms with van der Waals surface area (Å²) in [6, 6.07) is 12.7. The maximum Gasteiger partial charge on any atom is 0.251 e. The molecule has 1 aliphatic heterocycles. The normalized spacial score (nSPS) is 16.0. The average molecular weight is 390 g/mol. The Kier molecular flexibility index (Phi) is 5.37. The minimum absolute atomic E-state index is 0.0534. The highest BCUT2D eigenvalue weighted by Gasteiger charge is 2.28. The number of methoxy groups -OCH3 is 1. The highest BCUT2D eigenvalue weighted by molar-refractivity contribution is 5.79. The standard InChI is InChI=1S/C22H22N4O3/c1-29-18-4-2-15(3-5-18)12-21(28)26-11-8-17(14-26)19-13-20(27)25-22(24-19)16-6-9-23-10-7-16/h2-7,9-10,13,17H,8,11-12,14H2,1H3,(H,24,25,27)/t17-/m0/s1. The van der Waals surface area contributed by atoms with Crippen molar-refractivity contribution in [1.29, 1.82) is 0 Å². The number of aromatic nitrogens is 3. The van der Waals surface area contributed by atoms with Crippen molar-refractivity contribution in [3.8, 4) is 17.1 Å². The van der Waals surface area contributed by atoms with Crippen LogP contribution in [0.25, 0.3) is 11.4 Å². The number of rotatable bonds is 5. The first-order valence-corrected chi connectivity index (χ1v) is 9.55. The quantitative estimate of drug-likeness (QED) is 0.723. The van der Waals surface area contributed by atoms with Crippen LogP contribution in [0.3, 0.4) is 0 Å². The summed E-state index contributed by atoms with van der Waals surface area (Å²) in [5.41, 5.74) is 2.29. The second-order valence-corrected chi connectivity index (χ2v) is 7.10. The van der Waals surface area contributed by atoms with Gasteiger partial charge in [0.15, 0.2) is 0 Å². The number of amides is 1. The first-order valence-electron chi connectivity index (χ1n) is 9.55. The summed E-state index contributed by atoms with van der Waals surface area (Å²) in [6.07, 6.45) is 4.47. The molecule has 1 amide bonds. The van der Waals surface area contributed by atoms with Crippen LogP contribution in [0.4, 0.5) is 0 Å². The molecule has 0 aliphatic carbocycles. The van der Waals surface area contributed by atoms with Crippen molar-refractivity contribution in [1.82, 2.24) is 19.9 Å². The number of pyridine rings is 1. The Hall–Kier alpha value is -3.48. The van der Waals surface area contributed by atoms with Crippen LogP contribution < -0.4 is 10.3 Å². The third-order valence-corrected chi connectivity index (χ3v) is 5.19. The van der Waals surface area contributed by atoms with Crippen molar-refractivity contribution >= 4 is 5.91 Å². The molecule has 0 unspecified atom stereocenters. The molecule has 3 aromatic rings. The summed E-state index contributed by atoms with van der Waals surface area (Å²) < 4.78 is 5.15. The summed E-state index contributed by atoms with van der Waals surface area (Å²) in [7, 11) is 1.62. The van der Waals surface area contributed by atoms with Gasteiger partial charge in [-0.3, -0.25) is 14.6 Å². The number of benzene rings is 1. The minimum atomic E-state index is -0.190. The van der Waals surface area contributed by atoms with Crippen LogP contribution in [0, 0.1) is 0 Å². The lowest BCUT2D eigenvalue weighted by Gasteiger charge is -2.17. The Labute approximate surface area is 168 Å². The molecule has 0 saturated carbocycles. The number of hydrogen-bond donors (Lipinski definition) is 1. The molecule has 7 nitrogen and oxygen atoms in total. The zero-order valence-electron chi connectivity index (χ0n) is 16.2. The number of ether oxygens (including phenoxy) is 1. The van der Waals surface area contributed by atoms with Crippen LogP contribution in [0.15, 0.2) is 59.7 Å². The third kappa shape index (κ3) is 4.34. The van der Waals surface area contributed by atoms with Crippen LogP contribution in [-0.4, -0.2) is 46.0 Å². The first-order chi connectivity index (χ1) is 14.1. The van der Waals surface area contributed by atoms with Crippen molar-refractivity contribution in [2.24, 2.45) is 0 Å². The second-order valence-electron chi connectivity index (χ2n) is 7.10. The smallest absolute Gasteiger partial charge is 0.251 e. The van der Waals surface area contributed by atoms with Crippen molar-refractivity contribution in [3.05, 3.63) is 76.5 Å². The van der Waals surface area contributed by atoms with Crippen molar-refractivity contribution in [2.45, 2.75) is 18.8 Å². The summed E-state index contributed by atoms with van der Waals surface area (Å²) in [6.45, 7) is 1.24. The predicted octanol–water partition coefficient (Wildman–Crippen LogP) is 2.40. The maximum absolute atomic E-state index is 12.7. The van der Waals surface area contributed by atoms with Crippen LogP contribution in [0.1, 0.15) is 23.6 Å². The van der Waals surface area contributed by atoms with Gasteiger partial charge in [0.2, 0.25) is 5.91 Å². The number of H-pyrrole nitrogens is 1. The molecule has 2 aromatic heterocycles. The predicted molar refractivity (Wildman–Crippen MR) is 109 cm³/mol. The fourth-order valence-electron chi connectivity index (χ4n) is 3.59. The van der Waals surface area contributed by atoms with Gasteiger partial charge >= 0.3 is 0 Å². The van der Waals surface area contributed by atoms with Gasteiger partial charge in [-0.15, -0.1) is 0 Å². The van der Waals surface area contributed by atoms with E-state index in [0.717, 1.165) is 29.0 Å². The zero-order chi connectivity index (χ0) is 20.2. The Balaban J connectivity index is 1.46. The summed E-state index contributed by atoms with van der Waals surface area (Å²) in [4.78, 5) is 38.1. The van der Waals surface area contributed by atoms with Gasteiger partial charge in [-0.05, 0) is 36.2 Å². The van der Waals surface area contributed by atoms with E-state index < -0.39 is 0 Å². The molecular weight excluding hydrogens is 368 g/mol. The van der Waals surface area contributed by atoms with E-state index >= 15 is 0 Å². The van der Waals surface area contributed by atoms with E-state index in [1.165, 1.54) is 6.07 Å². The van der Waals surface area contributed by atoms with Gasteiger partial charge in [0.1, 0.15) is 11.6 Å². The lowest BCUT2D eigenvalue weighted by molar-refractivity contribution is -0.129. The third-order valence-electron chi connectivity index (χ3n) is 5.19. The van der Waals surface area contributed by atoms with E-state index in [0.29, 0.717) is 25.3 Å². The molecule has 0 bridgehead atoms. The van der Waals surface area contributed by atoms with Crippen molar-refractivity contribution < 1.29 is 9.53 Å². The van der Waals surface area contributed by atoms with Gasteiger partial charge in [-0.1, -0.05) is 12.1 Å². The highest BCUT2D eigenvalue weighted by Crippen LogP contribution is 2.27. The van der Waals surface area contributed by atoms with Crippen LogP contribution >= 0.6 is 0 Å². The largest absolute Gasteiger partial charge is 0.497 e. The van der Waals surface area contributed by atoms with E-state index in [2.05, 4.69) is 15.0 Å².